The number of amides is 1. The van der Waals surface area contributed by atoms with Gasteiger partial charge < -0.3 is 10.4 Å². The highest BCUT2D eigenvalue weighted by atomic mass is 19.1. The second-order valence-corrected chi connectivity index (χ2v) is 8.89. The molecule has 38 heavy (non-hydrogen) atoms. The molecule has 0 aliphatic carbocycles. The van der Waals surface area contributed by atoms with Crippen LogP contribution < -0.4 is 5.32 Å². The molecule has 0 fully saturated rings. The molecule has 2 N–H and O–H groups in total. The molecule has 0 heterocycles. The third kappa shape index (κ3) is 5.59. The first kappa shape index (κ1) is 26.2. The minimum Gasteiger partial charge on any atom is -0.480 e. The number of nitrogens with one attached hydrogen (secondary N) is 1. The third-order valence-electron chi connectivity index (χ3n) is 6.51. The summed E-state index contributed by atoms with van der Waals surface area (Å²) in [4.78, 5) is 35.9. The van der Waals surface area contributed by atoms with Gasteiger partial charge in [-0.05, 0) is 28.3 Å². The molecule has 0 unspecified atom stereocenters. The highest BCUT2D eigenvalue weighted by Gasteiger charge is 2.39. The van der Waals surface area contributed by atoms with Gasteiger partial charge >= 0.3 is 11.7 Å². The number of carbonyl (C=O) groups excluding carboxylic acids is 1. The molecule has 0 aromatic heterocycles. The van der Waals surface area contributed by atoms with Crippen molar-refractivity contribution in [2.24, 2.45) is 0 Å². The van der Waals surface area contributed by atoms with Crippen molar-refractivity contribution in [1.29, 1.82) is 0 Å². The fourth-order valence-corrected chi connectivity index (χ4v) is 4.72. The number of carboxylic acids is 1. The van der Waals surface area contributed by atoms with Gasteiger partial charge in [-0.15, -0.1) is 0 Å². The van der Waals surface area contributed by atoms with E-state index in [0.29, 0.717) is 0 Å². The SMILES string of the molecule is O=C(CC(c1ccccc1)(c1ccccc1)c1ccccc1)N[C@H](Cc1ccc(F)c([N+](=O)[O-])c1)C(=O)O. The number of carbonyl (C=O) groups is 2. The molecule has 4 aromatic carbocycles. The van der Waals surface area contributed by atoms with E-state index in [2.05, 4.69) is 5.32 Å². The van der Waals surface area contributed by atoms with Crippen LogP contribution in [0.15, 0.2) is 109 Å². The molecular weight excluding hydrogens is 487 g/mol. The van der Waals surface area contributed by atoms with E-state index in [-0.39, 0.29) is 18.4 Å². The van der Waals surface area contributed by atoms with Gasteiger partial charge in [-0.2, -0.15) is 4.39 Å². The second-order valence-electron chi connectivity index (χ2n) is 8.89. The lowest BCUT2D eigenvalue weighted by Gasteiger charge is -2.36. The molecule has 4 aromatic rings. The number of nitro benzene ring substituents is 1. The van der Waals surface area contributed by atoms with E-state index < -0.39 is 39.8 Å². The highest BCUT2D eigenvalue weighted by Crippen LogP contribution is 2.42. The third-order valence-corrected chi connectivity index (χ3v) is 6.51. The normalized spacial score (nSPS) is 11.9. The van der Waals surface area contributed by atoms with Gasteiger partial charge in [0, 0.05) is 18.9 Å². The van der Waals surface area contributed by atoms with Crippen LogP contribution in [0.3, 0.4) is 0 Å². The standard InChI is InChI=1S/C30H25FN2O5/c31-25-17-16-21(19-27(25)33(37)38)18-26(29(35)36)32-28(34)20-30(22-10-4-1-5-11-22,23-12-6-2-7-13-23)24-14-8-3-9-15-24/h1-17,19,26H,18,20H2,(H,32,34)(H,35,36)/t26-/m1/s1. The van der Waals surface area contributed by atoms with Crippen molar-refractivity contribution in [3.63, 3.8) is 0 Å². The first-order valence-corrected chi connectivity index (χ1v) is 11.9. The first-order chi connectivity index (χ1) is 18.3. The molecule has 1 atom stereocenters. The fourth-order valence-electron chi connectivity index (χ4n) is 4.72. The number of halogens is 1. The molecule has 0 spiro atoms. The largest absolute Gasteiger partial charge is 0.480 e. The van der Waals surface area contributed by atoms with Crippen molar-refractivity contribution in [3.8, 4) is 0 Å². The maximum Gasteiger partial charge on any atom is 0.326 e. The average molecular weight is 513 g/mol. The van der Waals surface area contributed by atoms with Crippen LogP contribution in [-0.4, -0.2) is 27.9 Å². The summed E-state index contributed by atoms with van der Waals surface area (Å²) in [6, 6.07) is 30.3. The molecule has 0 saturated heterocycles. The number of carboxylic acid groups (broad SMARTS) is 1. The summed E-state index contributed by atoms with van der Waals surface area (Å²) in [6.45, 7) is 0. The number of nitrogens with zero attached hydrogens (tertiary/aromatic N) is 1. The lowest BCUT2D eigenvalue weighted by atomic mass is 9.67. The summed E-state index contributed by atoms with van der Waals surface area (Å²) in [5.74, 6) is -2.85. The average Bonchev–Trinajstić information content (AvgIpc) is 2.93. The molecule has 1 amide bonds. The number of benzene rings is 4. The summed E-state index contributed by atoms with van der Waals surface area (Å²) in [7, 11) is 0. The van der Waals surface area contributed by atoms with Gasteiger partial charge in [0.1, 0.15) is 6.04 Å². The number of rotatable bonds is 10. The van der Waals surface area contributed by atoms with E-state index in [9.17, 15) is 29.2 Å². The molecular formula is C30H25FN2O5. The molecule has 0 saturated carbocycles. The van der Waals surface area contributed by atoms with Crippen LogP contribution in [0.4, 0.5) is 10.1 Å². The van der Waals surface area contributed by atoms with Gasteiger partial charge in [-0.1, -0.05) is 97.1 Å². The van der Waals surface area contributed by atoms with Crippen molar-refractivity contribution in [2.75, 3.05) is 0 Å². The van der Waals surface area contributed by atoms with Crippen molar-refractivity contribution in [3.05, 3.63) is 147 Å². The maximum absolute atomic E-state index is 13.8. The number of aliphatic carboxylic acids is 1. The highest BCUT2D eigenvalue weighted by molar-refractivity contribution is 5.85. The lowest BCUT2D eigenvalue weighted by molar-refractivity contribution is -0.387. The fraction of sp³-hybridized carbons (Fsp3) is 0.133. The zero-order chi connectivity index (χ0) is 27.1. The van der Waals surface area contributed by atoms with E-state index in [1.807, 2.05) is 91.0 Å². The molecule has 8 heteroatoms. The van der Waals surface area contributed by atoms with Gasteiger partial charge in [0.2, 0.25) is 11.7 Å². The summed E-state index contributed by atoms with van der Waals surface area (Å²) < 4.78 is 13.8. The smallest absolute Gasteiger partial charge is 0.326 e. The Kier molecular flexibility index (Phi) is 7.91. The molecule has 4 rings (SSSR count). The van der Waals surface area contributed by atoms with Gasteiger partial charge in [0.05, 0.1) is 10.3 Å². The Morgan fingerprint density at radius 3 is 1.74 bits per heavy atom. The Morgan fingerprint density at radius 1 is 0.842 bits per heavy atom. The maximum atomic E-state index is 13.8. The summed E-state index contributed by atoms with van der Waals surface area (Å²) >= 11 is 0. The molecule has 0 aliphatic rings. The van der Waals surface area contributed by atoms with Gasteiger partial charge in [-0.25, -0.2) is 4.79 Å². The minimum absolute atomic E-state index is 0.0988. The van der Waals surface area contributed by atoms with E-state index in [1.165, 1.54) is 6.07 Å². The van der Waals surface area contributed by atoms with Gasteiger partial charge in [0.25, 0.3) is 0 Å². The van der Waals surface area contributed by atoms with Crippen LogP contribution in [0.1, 0.15) is 28.7 Å². The zero-order valence-corrected chi connectivity index (χ0v) is 20.3. The predicted octanol–water partition coefficient (Wildman–Crippen LogP) is 5.27. The Labute approximate surface area is 218 Å². The van der Waals surface area contributed by atoms with Crippen LogP contribution in [-0.2, 0) is 21.4 Å². The number of hydrogen-bond acceptors (Lipinski definition) is 4. The van der Waals surface area contributed by atoms with Crippen LogP contribution in [0.5, 0.6) is 0 Å². The Morgan fingerprint density at radius 2 is 1.32 bits per heavy atom. The lowest BCUT2D eigenvalue weighted by Crippen LogP contribution is -2.45. The Hall–Kier alpha value is -4.85. The molecule has 7 nitrogen and oxygen atoms in total. The molecule has 0 bridgehead atoms. The summed E-state index contributed by atoms with van der Waals surface area (Å²) in [5, 5.41) is 23.5. The quantitative estimate of drug-likeness (QED) is 0.171. The minimum atomic E-state index is -1.38. The topological polar surface area (TPSA) is 110 Å². The van der Waals surface area contributed by atoms with E-state index in [4.69, 9.17) is 0 Å². The monoisotopic (exact) mass is 512 g/mol. The number of nitro groups is 1. The Balaban J connectivity index is 1.71. The summed E-state index contributed by atoms with van der Waals surface area (Å²) in [6.07, 6.45) is -0.352. The second kappa shape index (κ2) is 11.5. The van der Waals surface area contributed by atoms with Crippen molar-refractivity contribution in [1.82, 2.24) is 5.32 Å². The molecule has 0 aliphatic heterocycles. The first-order valence-electron chi connectivity index (χ1n) is 11.9. The van der Waals surface area contributed by atoms with E-state index in [1.54, 1.807) is 0 Å². The Bertz CT molecular complexity index is 1330. The van der Waals surface area contributed by atoms with Crippen LogP contribution in [0, 0.1) is 15.9 Å². The van der Waals surface area contributed by atoms with Crippen molar-refractivity contribution < 1.29 is 24.0 Å². The van der Waals surface area contributed by atoms with E-state index >= 15 is 0 Å². The van der Waals surface area contributed by atoms with Gasteiger partial charge in [0.15, 0.2) is 0 Å². The number of hydrogen-bond donors (Lipinski definition) is 2. The van der Waals surface area contributed by atoms with Gasteiger partial charge in [-0.3, -0.25) is 14.9 Å². The molecule has 192 valence electrons. The predicted molar refractivity (Wildman–Crippen MR) is 140 cm³/mol. The zero-order valence-electron chi connectivity index (χ0n) is 20.3. The van der Waals surface area contributed by atoms with Crippen LogP contribution in [0.25, 0.3) is 0 Å². The van der Waals surface area contributed by atoms with Crippen molar-refractivity contribution >= 4 is 17.6 Å². The van der Waals surface area contributed by atoms with Crippen LogP contribution >= 0.6 is 0 Å². The molecule has 0 radical (unpaired) electrons. The van der Waals surface area contributed by atoms with Crippen molar-refractivity contribution in [2.45, 2.75) is 24.3 Å². The van der Waals surface area contributed by atoms with Crippen LogP contribution in [0.2, 0.25) is 0 Å². The summed E-state index contributed by atoms with van der Waals surface area (Å²) in [5.41, 5.74) is 1.10. The van der Waals surface area contributed by atoms with E-state index in [0.717, 1.165) is 28.8 Å².